The maximum Gasteiger partial charge on any atom is 0.239 e. The second kappa shape index (κ2) is 7.93. The maximum absolute atomic E-state index is 11.9. The molecule has 6 nitrogen and oxygen atoms in total. The topological polar surface area (TPSA) is 76.4 Å². The number of morpholine rings is 1. The smallest absolute Gasteiger partial charge is 0.239 e. The van der Waals surface area contributed by atoms with Crippen LogP contribution in [0.4, 0.5) is 0 Å². The van der Waals surface area contributed by atoms with E-state index in [1.807, 2.05) is 30.3 Å². The summed E-state index contributed by atoms with van der Waals surface area (Å²) in [5, 5.41) is 5.93. The molecule has 1 fully saturated rings. The van der Waals surface area contributed by atoms with E-state index in [4.69, 9.17) is 9.15 Å². The molecule has 2 N–H and O–H groups in total. The summed E-state index contributed by atoms with van der Waals surface area (Å²) in [7, 11) is 0. The van der Waals surface area contributed by atoms with Gasteiger partial charge >= 0.3 is 0 Å². The molecule has 1 aliphatic heterocycles. The Bertz CT molecular complexity index is 597. The van der Waals surface area contributed by atoms with Crippen molar-refractivity contribution in [3.05, 3.63) is 42.3 Å². The quantitative estimate of drug-likeness (QED) is 0.888. The highest BCUT2D eigenvalue weighted by Gasteiger charge is 2.21. The number of nitrogens with one attached hydrogen (secondary N) is 2. The first-order valence-electron chi connectivity index (χ1n) is 6.91. The van der Waals surface area contributed by atoms with E-state index in [9.17, 15) is 4.79 Å². The molecule has 118 valence electrons. The number of carbonyl (C=O) groups excluding carboxylic acids is 1. The van der Waals surface area contributed by atoms with Crippen LogP contribution in [0.5, 0.6) is 0 Å². The summed E-state index contributed by atoms with van der Waals surface area (Å²) in [6.45, 7) is 2.08. The van der Waals surface area contributed by atoms with Crippen LogP contribution in [0, 0.1) is 0 Å². The number of oxazole rings is 1. The number of hydrogen-bond donors (Lipinski definition) is 2. The van der Waals surface area contributed by atoms with Gasteiger partial charge in [0.25, 0.3) is 0 Å². The van der Waals surface area contributed by atoms with Gasteiger partial charge < -0.3 is 19.8 Å². The molecule has 2 aromatic rings. The van der Waals surface area contributed by atoms with Crippen LogP contribution in [0.15, 0.2) is 41.0 Å². The second-order valence-electron chi connectivity index (χ2n) is 4.81. The zero-order chi connectivity index (χ0) is 14.5. The third-order valence-corrected chi connectivity index (χ3v) is 3.25. The van der Waals surface area contributed by atoms with E-state index in [1.54, 1.807) is 6.26 Å². The number of aromatic nitrogens is 1. The molecule has 7 heteroatoms. The van der Waals surface area contributed by atoms with Crippen molar-refractivity contribution in [1.82, 2.24) is 15.6 Å². The Morgan fingerprint density at radius 2 is 2.18 bits per heavy atom. The van der Waals surface area contributed by atoms with Crippen molar-refractivity contribution in [2.45, 2.75) is 12.6 Å². The molecule has 1 aromatic carbocycles. The number of hydrogen-bond acceptors (Lipinski definition) is 5. The normalized spacial score (nSPS) is 17.5. The van der Waals surface area contributed by atoms with Crippen molar-refractivity contribution in [3.8, 4) is 11.5 Å². The largest absolute Gasteiger partial charge is 0.444 e. The Hall–Kier alpha value is -1.89. The summed E-state index contributed by atoms with van der Waals surface area (Å²) in [5.41, 5.74) is 1.61. The predicted octanol–water partition coefficient (Wildman–Crippen LogP) is 1.37. The van der Waals surface area contributed by atoms with Crippen molar-refractivity contribution in [2.24, 2.45) is 0 Å². The lowest BCUT2D eigenvalue weighted by Gasteiger charge is -2.22. The van der Waals surface area contributed by atoms with Gasteiger partial charge in [-0.3, -0.25) is 4.79 Å². The van der Waals surface area contributed by atoms with Crippen molar-refractivity contribution < 1.29 is 13.9 Å². The van der Waals surface area contributed by atoms with Crippen LogP contribution in [0.2, 0.25) is 0 Å². The molecule has 0 bridgehead atoms. The van der Waals surface area contributed by atoms with Crippen molar-refractivity contribution >= 4 is 18.3 Å². The molecule has 2 heterocycles. The van der Waals surface area contributed by atoms with E-state index >= 15 is 0 Å². The monoisotopic (exact) mass is 323 g/mol. The first kappa shape index (κ1) is 16.5. The van der Waals surface area contributed by atoms with Crippen LogP contribution in [-0.4, -0.2) is 36.7 Å². The fourth-order valence-electron chi connectivity index (χ4n) is 2.14. The summed E-state index contributed by atoms with van der Waals surface area (Å²) in [5.74, 6) is 0.470. The Morgan fingerprint density at radius 3 is 2.91 bits per heavy atom. The lowest BCUT2D eigenvalue weighted by Crippen LogP contribution is -2.51. The average Bonchev–Trinajstić information content (AvgIpc) is 3.03. The summed E-state index contributed by atoms with van der Waals surface area (Å²) < 4.78 is 10.7. The Balaban J connectivity index is 0.00000176. The Kier molecular flexibility index (Phi) is 5.94. The van der Waals surface area contributed by atoms with Crippen LogP contribution in [0.25, 0.3) is 11.5 Å². The van der Waals surface area contributed by atoms with Crippen LogP contribution < -0.4 is 10.6 Å². The summed E-state index contributed by atoms with van der Waals surface area (Å²) in [6, 6.07) is 9.35. The number of halogens is 1. The Labute approximate surface area is 134 Å². The third kappa shape index (κ3) is 4.07. The zero-order valence-electron chi connectivity index (χ0n) is 12.0. The average molecular weight is 324 g/mol. The second-order valence-corrected chi connectivity index (χ2v) is 4.81. The minimum absolute atomic E-state index is 0. The van der Waals surface area contributed by atoms with Gasteiger partial charge in [0.15, 0.2) is 0 Å². The van der Waals surface area contributed by atoms with Crippen LogP contribution in [0.3, 0.4) is 0 Å². The SMILES string of the molecule is Cl.O=C(NCc1coc(-c2ccccc2)n1)C1COCCN1. The number of benzene rings is 1. The highest BCUT2D eigenvalue weighted by atomic mass is 35.5. The van der Waals surface area contributed by atoms with Gasteiger partial charge in [-0.15, -0.1) is 12.4 Å². The molecule has 1 aromatic heterocycles. The molecule has 0 aliphatic carbocycles. The standard InChI is InChI=1S/C15H17N3O3.ClH/c19-14(13-10-20-7-6-16-13)17-8-12-9-21-15(18-12)11-4-2-1-3-5-11;/h1-5,9,13,16H,6-8,10H2,(H,17,19);1H. The van der Waals surface area contributed by atoms with Gasteiger partial charge in [-0.25, -0.2) is 4.98 Å². The van der Waals surface area contributed by atoms with Gasteiger partial charge in [-0.05, 0) is 12.1 Å². The highest BCUT2D eigenvalue weighted by Crippen LogP contribution is 2.17. The van der Waals surface area contributed by atoms with E-state index in [0.717, 1.165) is 5.56 Å². The van der Waals surface area contributed by atoms with E-state index < -0.39 is 0 Å². The minimum Gasteiger partial charge on any atom is -0.444 e. The fraction of sp³-hybridized carbons (Fsp3) is 0.333. The number of nitrogens with zero attached hydrogens (tertiary/aromatic N) is 1. The molecule has 1 unspecified atom stereocenters. The molecule has 1 saturated heterocycles. The van der Waals surface area contributed by atoms with Gasteiger partial charge in [0.1, 0.15) is 12.3 Å². The summed E-state index contributed by atoms with van der Waals surface area (Å²) >= 11 is 0. The van der Waals surface area contributed by atoms with E-state index in [-0.39, 0.29) is 24.4 Å². The third-order valence-electron chi connectivity index (χ3n) is 3.25. The number of carbonyl (C=O) groups is 1. The first-order valence-corrected chi connectivity index (χ1v) is 6.91. The molecular weight excluding hydrogens is 306 g/mol. The van der Waals surface area contributed by atoms with Crippen LogP contribution in [-0.2, 0) is 16.1 Å². The van der Waals surface area contributed by atoms with Crippen molar-refractivity contribution in [1.29, 1.82) is 0 Å². The Morgan fingerprint density at radius 1 is 1.36 bits per heavy atom. The molecule has 22 heavy (non-hydrogen) atoms. The number of ether oxygens (including phenoxy) is 1. The molecule has 0 saturated carbocycles. The summed E-state index contributed by atoms with van der Waals surface area (Å²) in [4.78, 5) is 16.3. The van der Waals surface area contributed by atoms with Gasteiger partial charge in [0.2, 0.25) is 11.8 Å². The van der Waals surface area contributed by atoms with Gasteiger partial charge in [0.05, 0.1) is 25.5 Å². The zero-order valence-corrected chi connectivity index (χ0v) is 12.8. The van der Waals surface area contributed by atoms with Crippen LogP contribution in [0.1, 0.15) is 5.69 Å². The number of rotatable bonds is 4. The lowest BCUT2D eigenvalue weighted by atomic mass is 10.2. The maximum atomic E-state index is 11.9. The lowest BCUT2D eigenvalue weighted by molar-refractivity contribution is -0.126. The molecule has 1 atom stereocenters. The van der Waals surface area contributed by atoms with Crippen molar-refractivity contribution in [3.63, 3.8) is 0 Å². The summed E-state index contributed by atoms with van der Waals surface area (Å²) in [6.07, 6.45) is 1.56. The van der Waals surface area contributed by atoms with Gasteiger partial charge in [-0.2, -0.15) is 0 Å². The van der Waals surface area contributed by atoms with Gasteiger partial charge in [-0.1, -0.05) is 18.2 Å². The van der Waals surface area contributed by atoms with Crippen molar-refractivity contribution in [2.75, 3.05) is 19.8 Å². The molecular formula is C15H18ClN3O3. The molecule has 0 radical (unpaired) electrons. The number of amides is 1. The van der Waals surface area contributed by atoms with Gasteiger partial charge in [0, 0.05) is 12.1 Å². The first-order chi connectivity index (χ1) is 10.3. The molecule has 3 rings (SSSR count). The van der Waals surface area contributed by atoms with E-state index in [2.05, 4.69) is 15.6 Å². The minimum atomic E-state index is -0.292. The predicted molar refractivity (Wildman–Crippen MR) is 83.6 cm³/mol. The molecule has 1 aliphatic rings. The highest BCUT2D eigenvalue weighted by molar-refractivity contribution is 5.85. The molecule has 1 amide bonds. The van der Waals surface area contributed by atoms with Crippen LogP contribution >= 0.6 is 12.4 Å². The van der Waals surface area contributed by atoms with E-state index in [1.165, 1.54) is 0 Å². The molecule has 0 spiro atoms. The van der Waals surface area contributed by atoms with E-state index in [0.29, 0.717) is 37.9 Å². The fourth-order valence-corrected chi connectivity index (χ4v) is 2.14.